The number of thiophene rings is 1. The van der Waals surface area contributed by atoms with Gasteiger partial charge in [0.2, 0.25) is 0 Å². The molecular weight excluding hydrogens is 247 g/mol. The average molecular weight is 257 g/mol. The number of halogens is 2. The number of hydrogen-bond donors (Lipinski definition) is 0. The van der Waals surface area contributed by atoms with Crippen molar-refractivity contribution in [1.29, 1.82) is 0 Å². The van der Waals surface area contributed by atoms with Crippen LogP contribution in [-0.2, 0) is 6.42 Å². The first-order valence-electron chi connectivity index (χ1n) is 4.64. The fourth-order valence-corrected chi connectivity index (χ4v) is 2.77. The lowest BCUT2D eigenvalue weighted by atomic mass is 10.1. The van der Waals surface area contributed by atoms with Crippen LogP contribution in [0, 0.1) is 6.92 Å². The first kappa shape index (κ1) is 11.0. The smallest absolute Gasteiger partial charge is 0.0931 e. The van der Waals surface area contributed by atoms with Crippen LogP contribution in [0.15, 0.2) is 30.3 Å². The van der Waals surface area contributed by atoms with E-state index in [1.54, 1.807) is 11.3 Å². The molecule has 1 heterocycles. The highest BCUT2D eigenvalue weighted by atomic mass is 35.5. The maximum Gasteiger partial charge on any atom is 0.0931 e. The standard InChI is InChI=1S/C12H10Cl2S/c1-8-2-4-11(13)9(6-8)7-10-3-5-12(14)15-10/h2-6H,7H2,1H3. The second-order valence-corrected chi connectivity index (χ2v) is 5.68. The van der Waals surface area contributed by atoms with Gasteiger partial charge in [0.05, 0.1) is 4.34 Å². The molecule has 0 bridgehead atoms. The SMILES string of the molecule is Cc1ccc(Cl)c(Cc2ccc(Cl)s2)c1. The highest BCUT2D eigenvalue weighted by Crippen LogP contribution is 2.26. The molecule has 0 amide bonds. The second-order valence-electron chi connectivity index (χ2n) is 3.48. The summed E-state index contributed by atoms with van der Waals surface area (Å²) in [6, 6.07) is 10.1. The topological polar surface area (TPSA) is 0 Å². The molecule has 1 aromatic heterocycles. The normalized spacial score (nSPS) is 10.6. The molecule has 0 saturated heterocycles. The number of rotatable bonds is 2. The third kappa shape index (κ3) is 2.75. The quantitative estimate of drug-likeness (QED) is 0.713. The Morgan fingerprint density at radius 1 is 1.13 bits per heavy atom. The van der Waals surface area contributed by atoms with Gasteiger partial charge in [-0.1, -0.05) is 40.9 Å². The molecule has 2 rings (SSSR count). The first-order valence-corrected chi connectivity index (χ1v) is 6.21. The summed E-state index contributed by atoms with van der Waals surface area (Å²) < 4.78 is 0.828. The van der Waals surface area contributed by atoms with Crippen molar-refractivity contribution in [3.05, 3.63) is 55.7 Å². The van der Waals surface area contributed by atoms with Crippen LogP contribution < -0.4 is 0 Å². The minimum atomic E-state index is 0.824. The molecule has 0 radical (unpaired) electrons. The molecule has 0 N–H and O–H groups in total. The molecular formula is C12H10Cl2S. The van der Waals surface area contributed by atoms with Crippen molar-refractivity contribution in [2.45, 2.75) is 13.3 Å². The largest absolute Gasteiger partial charge is 0.128 e. The highest BCUT2D eigenvalue weighted by Gasteiger charge is 2.04. The van der Waals surface area contributed by atoms with Crippen molar-refractivity contribution in [2.24, 2.45) is 0 Å². The van der Waals surface area contributed by atoms with Crippen LogP contribution in [0.3, 0.4) is 0 Å². The summed E-state index contributed by atoms with van der Waals surface area (Å²) in [7, 11) is 0. The van der Waals surface area contributed by atoms with Crippen LogP contribution in [0.2, 0.25) is 9.36 Å². The molecule has 0 aliphatic rings. The minimum Gasteiger partial charge on any atom is -0.128 e. The van der Waals surface area contributed by atoms with E-state index in [2.05, 4.69) is 13.0 Å². The monoisotopic (exact) mass is 256 g/mol. The van der Waals surface area contributed by atoms with Gasteiger partial charge in [-0.2, -0.15) is 0 Å². The van der Waals surface area contributed by atoms with Gasteiger partial charge in [-0.25, -0.2) is 0 Å². The zero-order valence-corrected chi connectivity index (χ0v) is 10.6. The second kappa shape index (κ2) is 4.56. The van der Waals surface area contributed by atoms with Gasteiger partial charge in [-0.3, -0.25) is 0 Å². The molecule has 0 atom stereocenters. The molecule has 0 fully saturated rings. The van der Waals surface area contributed by atoms with Gasteiger partial charge in [0, 0.05) is 16.3 Å². The molecule has 0 aliphatic carbocycles. The first-order chi connectivity index (χ1) is 7.15. The Kier molecular flexibility index (Phi) is 3.35. The lowest BCUT2D eigenvalue weighted by molar-refractivity contribution is 1.22. The van der Waals surface area contributed by atoms with Crippen LogP contribution in [0.5, 0.6) is 0 Å². The Balaban J connectivity index is 2.27. The van der Waals surface area contributed by atoms with Crippen LogP contribution in [0.1, 0.15) is 16.0 Å². The van der Waals surface area contributed by atoms with E-state index in [0.717, 1.165) is 21.3 Å². The molecule has 78 valence electrons. The van der Waals surface area contributed by atoms with Crippen molar-refractivity contribution in [3.63, 3.8) is 0 Å². The van der Waals surface area contributed by atoms with Gasteiger partial charge >= 0.3 is 0 Å². The van der Waals surface area contributed by atoms with Crippen LogP contribution in [0.25, 0.3) is 0 Å². The fraction of sp³-hybridized carbons (Fsp3) is 0.167. The predicted octanol–water partition coefficient (Wildman–Crippen LogP) is 4.95. The van der Waals surface area contributed by atoms with E-state index in [9.17, 15) is 0 Å². The molecule has 15 heavy (non-hydrogen) atoms. The zero-order chi connectivity index (χ0) is 10.8. The van der Waals surface area contributed by atoms with Gasteiger partial charge in [-0.05, 0) is 30.7 Å². The van der Waals surface area contributed by atoms with Crippen molar-refractivity contribution in [1.82, 2.24) is 0 Å². The van der Waals surface area contributed by atoms with Gasteiger partial charge < -0.3 is 0 Å². The summed E-state index contributed by atoms with van der Waals surface area (Å²) in [5.74, 6) is 0. The third-order valence-electron chi connectivity index (χ3n) is 2.19. The van der Waals surface area contributed by atoms with Crippen LogP contribution in [0.4, 0.5) is 0 Å². The maximum atomic E-state index is 6.12. The van der Waals surface area contributed by atoms with E-state index in [-0.39, 0.29) is 0 Å². The van der Waals surface area contributed by atoms with E-state index in [4.69, 9.17) is 23.2 Å². The molecule has 1 aromatic carbocycles. The van der Waals surface area contributed by atoms with Crippen LogP contribution >= 0.6 is 34.5 Å². The van der Waals surface area contributed by atoms with E-state index in [1.807, 2.05) is 24.3 Å². The average Bonchev–Trinajstić information content (AvgIpc) is 2.58. The Hall–Kier alpha value is -0.500. The van der Waals surface area contributed by atoms with E-state index >= 15 is 0 Å². The molecule has 2 aromatic rings. The molecule has 0 aliphatic heterocycles. The van der Waals surface area contributed by atoms with Gasteiger partial charge in [0.1, 0.15) is 0 Å². The molecule has 0 nitrogen and oxygen atoms in total. The Labute approximate surface area is 103 Å². The van der Waals surface area contributed by atoms with Gasteiger partial charge in [0.25, 0.3) is 0 Å². The van der Waals surface area contributed by atoms with E-state index < -0.39 is 0 Å². The Bertz CT molecular complexity index is 474. The van der Waals surface area contributed by atoms with E-state index in [0.29, 0.717) is 0 Å². The summed E-state index contributed by atoms with van der Waals surface area (Å²) in [6.45, 7) is 2.07. The predicted molar refractivity (Wildman–Crippen MR) is 68.3 cm³/mol. The summed E-state index contributed by atoms with van der Waals surface area (Å²) in [6.07, 6.45) is 0.859. The number of hydrogen-bond acceptors (Lipinski definition) is 1. The van der Waals surface area contributed by atoms with Crippen molar-refractivity contribution in [2.75, 3.05) is 0 Å². The summed E-state index contributed by atoms with van der Waals surface area (Å²) in [5.41, 5.74) is 2.40. The molecule has 3 heteroatoms. The van der Waals surface area contributed by atoms with Gasteiger partial charge in [0.15, 0.2) is 0 Å². The lowest BCUT2D eigenvalue weighted by Gasteiger charge is -2.03. The lowest BCUT2D eigenvalue weighted by Crippen LogP contribution is -1.87. The maximum absolute atomic E-state index is 6.12. The zero-order valence-electron chi connectivity index (χ0n) is 8.26. The number of aryl methyl sites for hydroxylation is 1. The minimum absolute atomic E-state index is 0.824. The molecule has 0 spiro atoms. The summed E-state index contributed by atoms with van der Waals surface area (Å²) in [4.78, 5) is 1.24. The third-order valence-corrected chi connectivity index (χ3v) is 3.79. The summed E-state index contributed by atoms with van der Waals surface area (Å²) >= 11 is 13.6. The number of benzene rings is 1. The van der Waals surface area contributed by atoms with Crippen molar-refractivity contribution in [3.8, 4) is 0 Å². The Morgan fingerprint density at radius 3 is 2.60 bits per heavy atom. The van der Waals surface area contributed by atoms with Crippen LogP contribution in [-0.4, -0.2) is 0 Å². The van der Waals surface area contributed by atoms with Gasteiger partial charge in [-0.15, -0.1) is 11.3 Å². The fourth-order valence-electron chi connectivity index (χ4n) is 1.47. The Morgan fingerprint density at radius 2 is 1.93 bits per heavy atom. The van der Waals surface area contributed by atoms with E-state index in [1.165, 1.54) is 10.4 Å². The summed E-state index contributed by atoms with van der Waals surface area (Å²) in [5, 5.41) is 0.824. The molecule has 0 unspecified atom stereocenters. The van der Waals surface area contributed by atoms with Crippen molar-refractivity contribution < 1.29 is 0 Å². The highest BCUT2D eigenvalue weighted by molar-refractivity contribution is 7.16. The van der Waals surface area contributed by atoms with Crippen molar-refractivity contribution >= 4 is 34.5 Å². The molecule has 0 saturated carbocycles.